The normalized spacial score (nSPS) is 17.8. The van der Waals surface area contributed by atoms with Gasteiger partial charge in [0.1, 0.15) is 6.04 Å². The molecule has 0 heterocycles. The number of carboxylic acids is 1. The lowest BCUT2D eigenvalue weighted by Gasteiger charge is -2.25. The molecule has 1 unspecified atom stereocenters. The van der Waals surface area contributed by atoms with Crippen LogP contribution in [0.5, 0.6) is 0 Å². The zero-order chi connectivity index (χ0) is 22.5. The number of aliphatic hydroxyl groups is 1. The van der Waals surface area contributed by atoms with E-state index in [1.54, 1.807) is 19.1 Å². The monoisotopic (exact) mass is 438 g/mol. The van der Waals surface area contributed by atoms with Crippen LogP contribution in [-0.4, -0.2) is 52.6 Å². The number of hydrogen-bond acceptors (Lipinski definition) is 5. The first-order valence-corrected chi connectivity index (χ1v) is 10.7. The zero-order valence-corrected chi connectivity index (χ0v) is 18.4. The van der Waals surface area contributed by atoms with E-state index in [1.807, 2.05) is 26.0 Å². The Morgan fingerprint density at radius 3 is 2.17 bits per heavy atom. The molecule has 3 atom stereocenters. The van der Waals surface area contributed by atoms with Gasteiger partial charge in [-0.2, -0.15) is 0 Å². The van der Waals surface area contributed by atoms with Crippen LogP contribution in [0, 0.1) is 5.92 Å². The van der Waals surface area contributed by atoms with E-state index in [-0.39, 0.29) is 31.1 Å². The van der Waals surface area contributed by atoms with Crippen LogP contribution in [-0.2, 0) is 19.8 Å². The second-order valence-electron chi connectivity index (χ2n) is 8.44. The molecule has 1 saturated carbocycles. The van der Waals surface area contributed by atoms with Gasteiger partial charge in [0.25, 0.3) is 0 Å². The molecular weight excluding hydrogens is 408 g/mol. The molecule has 8 heteroatoms. The van der Waals surface area contributed by atoms with E-state index in [0.717, 1.165) is 18.4 Å². The van der Waals surface area contributed by atoms with E-state index < -0.39 is 35.5 Å². The number of aliphatic carboxylic acids is 1. The van der Waals surface area contributed by atoms with Crippen LogP contribution in [0.25, 0.3) is 0 Å². The van der Waals surface area contributed by atoms with Gasteiger partial charge in [-0.1, -0.05) is 37.6 Å². The fraction of sp³-hybridized carbons (Fsp3) is 0.591. The van der Waals surface area contributed by atoms with Gasteiger partial charge in [-0.05, 0) is 56.2 Å². The van der Waals surface area contributed by atoms with Crippen LogP contribution < -0.4 is 10.6 Å². The highest BCUT2D eigenvalue weighted by molar-refractivity contribution is 6.30. The van der Waals surface area contributed by atoms with Crippen LogP contribution in [0.15, 0.2) is 24.3 Å². The summed E-state index contributed by atoms with van der Waals surface area (Å²) in [7, 11) is 0. The minimum Gasteiger partial charge on any atom is -0.480 e. The van der Waals surface area contributed by atoms with Crippen molar-refractivity contribution in [1.29, 1.82) is 0 Å². The first kappa shape index (κ1) is 24.3. The number of ketones is 1. The third kappa shape index (κ3) is 6.27. The maximum atomic E-state index is 12.9. The SMILES string of the molecule is CC(O)CC[C@@H](NC(=O)[C@@H](NCC(=O)C1(c2ccc(Cl)cc2)CC1)C(C)C)C(=O)O. The summed E-state index contributed by atoms with van der Waals surface area (Å²) in [5, 5.41) is 24.9. The highest BCUT2D eigenvalue weighted by Crippen LogP contribution is 2.49. The average molecular weight is 439 g/mol. The van der Waals surface area contributed by atoms with E-state index in [0.29, 0.717) is 5.02 Å². The maximum Gasteiger partial charge on any atom is 0.326 e. The number of halogens is 1. The fourth-order valence-corrected chi connectivity index (χ4v) is 3.68. The summed E-state index contributed by atoms with van der Waals surface area (Å²) >= 11 is 5.94. The fourth-order valence-electron chi connectivity index (χ4n) is 3.55. The molecule has 0 aromatic heterocycles. The first-order chi connectivity index (χ1) is 14.1. The van der Waals surface area contributed by atoms with Crippen molar-refractivity contribution in [1.82, 2.24) is 10.6 Å². The van der Waals surface area contributed by atoms with E-state index >= 15 is 0 Å². The number of nitrogens with one attached hydrogen (secondary N) is 2. The molecule has 1 aromatic carbocycles. The molecule has 1 aliphatic rings. The average Bonchev–Trinajstić information content (AvgIpc) is 3.47. The number of hydrogen-bond donors (Lipinski definition) is 4. The lowest BCUT2D eigenvalue weighted by molar-refractivity contribution is -0.142. The van der Waals surface area contributed by atoms with E-state index in [2.05, 4.69) is 10.6 Å². The summed E-state index contributed by atoms with van der Waals surface area (Å²) in [6.45, 7) is 5.25. The number of rotatable bonds is 12. The molecule has 1 aliphatic carbocycles. The molecule has 4 N–H and O–H groups in total. The molecule has 166 valence electrons. The minimum absolute atomic E-state index is 0.00663. The number of benzene rings is 1. The van der Waals surface area contributed by atoms with Crippen molar-refractivity contribution in [3.63, 3.8) is 0 Å². The van der Waals surface area contributed by atoms with Crippen molar-refractivity contribution in [2.45, 2.75) is 70.1 Å². The second kappa shape index (κ2) is 10.4. The molecule has 2 rings (SSSR count). The second-order valence-corrected chi connectivity index (χ2v) is 8.88. The van der Waals surface area contributed by atoms with Crippen LogP contribution in [0.4, 0.5) is 0 Å². The van der Waals surface area contributed by atoms with Gasteiger partial charge in [-0.3, -0.25) is 14.9 Å². The maximum absolute atomic E-state index is 12.9. The Labute approximate surface area is 182 Å². The summed E-state index contributed by atoms with van der Waals surface area (Å²) in [6, 6.07) is 5.46. The molecular formula is C22H31ClN2O5. The number of carbonyl (C=O) groups excluding carboxylic acids is 2. The Hall–Kier alpha value is -1.96. The molecule has 30 heavy (non-hydrogen) atoms. The number of Topliss-reactive ketones (excluding diaryl/α,β-unsaturated/α-hetero) is 1. The lowest BCUT2D eigenvalue weighted by atomic mass is 9.91. The van der Waals surface area contributed by atoms with Gasteiger partial charge < -0.3 is 15.5 Å². The number of aliphatic hydroxyl groups excluding tert-OH is 1. The molecule has 1 amide bonds. The summed E-state index contributed by atoms with van der Waals surface area (Å²) in [4.78, 5) is 37.1. The summed E-state index contributed by atoms with van der Waals surface area (Å²) in [6.07, 6.45) is 1.26. The summed E-state index contributed by atoms with van der Waals surface area (Å²) < 4.78 is 0. The van der Waals surface area contributed by atoms with Crippen molar-refractivity contribution in [2.75, 3.05) is 6.54 Å². The lowest BCUT2D eigenvalue weighted by Crippen LogP contribution is -2.53. The summed E-state index contributed by atoms with van der Waals surface area (Å²) in [5.41, 5.74) is 0.393. The van der Waals surface area contributed by atoms with Crippen LogP contribution in [0.1, 0.15) is 52.0 Å². The predicted octanol–water partition coefficient (Wildman–Crippen LogP) is 2.29. The topological polar surface area (TPSA) is 116 Å². The van der Waals surface area contributed by atoms with Crippen LogP contribution in [0.2, 0.25) is 5.02 Å². The minimum atomic E-state index is -1.15. The highest BCUT2D eigenvalue weighted by atomic mass is 35.5. The largest absolute Gasteiger partial charge is 0.480 e. The van der Waals surface area contributed by atoms with Gasteiger partial charge in [-0.15, -0.1) is 0 Å². The van der Waals surface area contributed by atoms with Crippen LogP contribution in [0.3, 0.4) is 0 Å². The Morgan fingerprint density at radius 1 is 1.10 bits per heavy atom. The van der Waals surface area contributed by atoms with Gasteiger partial charge in [0.05, 0.1) is 24.1 Å². The van der Waals surface area contributed by atoms with E-state index in [1.165, 1.54) is 0 Å². The van der Waals surface area contributed by atoms with Gasteiger partial charge in [0, 0.05) is 5.02 Å². The van der Waals surface area contributed by atoms with Crippen LogP contribution >= 0.6 is 11.6 Å². The van der Waals surface area contributed by atoms with Crippen molar-refractivity contribution in [3.05, 3.63) is 34.9 Å². The highest BCUT2D eigenvalue weighted by Gasteiger charge is 2.50. The Bertz CT molecular complexity index is 759. The number of amides is 1. The van der Waals surface area contributed by atoms with Gasteiger partial charge in [0.15, 0.2) is 5.78 Å². The standard InChI is InChI=1S/C22H31ClN2O5/c1-13(2)19(20(28)25-17(21(29)30)9-4-14(3)26)24-12-18(27)22(10-11-22)15-5-7-16(23)8-6-15/h5-8,13-14,17,19,24,26H,4,9-12H2,1-3H3,(H,25,28)(H,29,30)/t14?,17-,19+/m1/s1. The Morgan fingerprint density at radius 2 is 1.70 bits per heavy atom. The van der Waals surface area contributed by atoms with Gasteiger partial charge in [-0.25, -0.2) is 4.79 Å². The number of carboxylic acid groups (broad SMARTS) is 1. The quantitative estimate of drug-likeness (QED) is 0.398. The van der Waals surface area contributed by atoms with Crippen molar-refractivity contribution in [2.24, 2.45) is 5.92 Å². The molecule has 1 aromatic rings. The smallest absolute Gasteiger partial charge is 0.326 e. The van der Waals surface area contributed by atoms with E-state index in [9.17, 15) is 24.6 Å². The third-order valence-corrected chi connectivity index (χ3v) is 5.85. The molecule has 0 spiro atoms. The third-order valence-electron chi connectivity index (χ3n) is 5.60. The van der Waals surface area contributed by atoms with Crippen molar-refractivity contribution in [3.8, 4) is 0 Å². The Balaban J connectivity index is 1.99. The van der Waals surface area contributed by atoms with Gasteiger partial charge in [0.2, 0.25) is 5.91 Å². The predicted molar refractivity (Wildman–Crippen MR) is 114 cm³/mol. The molecule has 0 saturated heterocycles. The molecule has 7 nitrogen and oxygen atoms in total. The van der Waals surface area contributed by atoms with Crippen molar-refractivity contribution < 1.29 is 24.6 Å². The zero-order valence-electron chi connectivity index (χ0n) is 17.7. The van der Waals surface area contributed by atoms with E-state index in [4.69, 9.17) is 11.6 Å². The first-order valence-electron chi connectivity index (χ1n) is 10.3. The molecule has 0 aliphatic heterocycles. The molecule has 1 fully saturated rings. The Kier molecular flexibility index (Phi) is 8.41. The van der Waals surface area contributed by atoms with Crippen molar-refractivity contribution >= 4 is 29.3 Å². The molecule has 0 bridgehead atoms. The number of carbonyl (C=O) groups is 3. The molecule has 0 radical (unpaired) electrons. The summed E-state index contributed by atoms with van der Waals surface area (Å²) in [5.74, 6) is -1.75. The van der Waals surface area contributed by atoms with Gasteiger partial charge >= 0.3 is 5.97 Å².